The summed E-state index contributed by atoms with van der Waals surface area (Å²) in [4.78, 5) is 11.1. The number of carboxylic acids is 1. The van der Waals surface area contributed by atoms with E-state index in [1.165, 1.54) is 23.9 Å². The van der Waals surface area contributed by atoms with Gasteiger partial charge in [0.2, 0.25) is 0 Å². The number of halogens is 1. The highest BCUT2D eigenvalue weighted by Crippen LogP contribution is 2.25. The summed E-state index contributed by atoms with van der Waals surface area (Å²) in [5.41, 5.74) is -0.0655. The maximum absolute atomic E-state index is 11.0. The summed E-state index contributed by atoms with van der Waals surface area (Å²) >= 11 is 1.22. The Kier molecular flexibility index (Phi) is 3.64. The van der Waals surface area contributed by atoms with E-state index in [1.807, 2.05) is 0 Å². The minimum atomic E-state index is -3.88. The summed E-state index contributed by atoms with van der Waals surface area (Å²) in [6.07, 6.45) is 1.71. The first-order valence-corrected chi connectivity index (χ1v) is 7.25. The Labute approximate surface area is 95.7 Å². The van der Waals surface area contributed by atoms with Crippen LogP contribution in [0.4, 0.5) is 0 Å². The Morgan fingerprint density at radius 3 is 2.47 bits per heavy atom. The van der Waals surface area contributed by atoms with E-state index in [2.05, 4.69) is 0 Å². The van der Waals surface area contributed by atoms with Gasteiger partial charge in [0.15, 0.2) is 0 Å². The molecule has 82 valence electrons. The Morgan fingerprint density at radius 2 is 2.07 bits per heavy atom. The van der Waals surface area contributed by atoms with E-state index < -0.39 is 15.0 Å². The van der Waals surface area contributed by atoms with Gasteiger partial charge in [0.1, 0.15) is 0 Å². The van der Waals surface area contributed by atoms with Crippen molar-refractivity contribution in [1.82, 2.24) is 0 Å². The van der Waals surface area contributed by atoms with Crippen molar-refractivity contribution in [2.24, 2.45) is 0 Å². The Morgan fingerprint density at radius 1 is 1.47 bits per heavy atom. The number of hydrogen-bond acceptors (Lipinski definition) is 4. The van der Waals surface area contributed by atoms with Gasteiger partial charge in [-0.25, -0.2) is 13.2 Å². The predicted octanol–water partition coefficient (Wildman–Crippen LogP) is 2.03. The van der Waals surface area contributed by atoms with Gasteiger partial charge in [0.05, 0.1) is 10.5 Å². The fourth-order valence-electron chi connectivity index (χ4n) is 1.01. The molecule has 1 N–H and O–H groups in total. The van der Waals surface area contributed by atoms with Crippen molar-refractivity contribution < 1.29 is 18.3 Å². The van der Waals surface area contributed by atoms with E-state index in [0.717, 1.165) is 6.07 Å². The first kappa shape index (κ1) is 12.4. The molecule has 0 spiro atoms. The molecule has 1 aromatic rings. The molecule has 0 saturated carbocycles. The van der Waals surface area contributed by atoms with Crippen LogP contribution in [0.3, 0.4) is 0 Å². The van der Waals surface area contributed by atoms with Crippen LogP contribution in [0, 0.1) is 0 Å². The molecule has 0 fully saturated rings. The quantitative estimate of drug-likeness (QED) is 0.670. The van der Waals surface area contributed by atoms with Gasteiger partial charge in [-0.15, -0.1) is 11.8 Å². The highest BCUT2D eigenvalue weighted by molar-refractivity contribution is 8.13. The third kappa shape index (κ3) is 2.87. The van der Waals surface area contributed by atoms with Gasteiger partial charge in [0.25, 0.3) is 9.05 Å². The molecule has 0 bridgehead atoms. The van der Waals surface area contributed by atoms with Crippen molar-refractivity contribution in [3.05, 3.63) is 23.8 Å². The summed E-state index contributed by atoms with van der Waals surface area (Å²) in [6.45, 7) is 0. The first-order chi connectivity index (χ1) is 6.86. The number of aromatic carboxylic acids is 1. The summed E-state index contributed by atoms with van der Waals surface area (Å²) < 4.78 is 21.9. The smallest absolute Gasteiger partial charge is 0.336 e. The molecule has 15 heavy (non-hydrogen) atoms. The molecule has 0 aliphatic carbocycles. The lowest BCUT2D eigenvalue weighted by molar-refractivity contribution is 0.0693. The monoisotopic (exact) mass is 266 g/mol. The molecule has 0 aliphatic heterocycles. The second kappa shape index (κ2) is 4.42. The Bertz CT molecular complexity index is 495. The van der Waals surface area contributed by atoms with Crippen molar-refractivity contribution in [3.8, 4) is 0 Å². The van der Waals surface area contributed by atoms with Crippen molar-refractivity contribution in [2.75, 3.05) is 6.26 Å². The number of rotatable bonds is 3. The highest BCUT2D eigenvalue weighted by Gasteiger charge is 2.16. The van der Waals surface area contributed by atoms with Gasteiger partial charge >= 0.3 is 5.97 Å². The van der Waals surface area contributed by atoms with Gasteiger partial charge in [-0.1, -0.05) is 0 Å². The van der Waals surface area contributed by atoms with Gasteiger partial charge < -0.3 is 5.11 Å². The van der Waals surface area contributed by atoms with E-state index in [9.17, 15) is 13.2 Å². The van der Waals surface area contributed by atoms with Crippen molar-refractivity contribution in [2.45, 2.75) is 9.79 Å². The van der Waals surface area contributed by atoms with Crippen molar-refractivity contribution >= 4 is 37.5 Å². The minimum Gasteiger partial charge on any atom is -0.478 e. The molecular weight excluding hydrogens is 260 g/mol. The molecule has 7 heteroatoms. The van der Waals surface area contributed by atoms with Crippen LogP contribution in [0.2, 0.25) is 0 Å². The zero-order chi connectivity index (χ0) is 11.6. The van der Waals surface area contributed by atoms with Crippen LogP contribution in [0.5, 0.6) is 0 Å². The molecule has 0 saturated heterocycles. The normalized spacial score (nSPS) is 11.3. The molecule has 0 atom stereocenters. The lowest BCUT2D eigenvalue weighted by Gasteiger charge is -2.04. The standard InChI is InChI=1S/C8H7ClO4S2/c1-14-7-3-2-5(15(9,12)13)4-6(7)8(10)11/h2-4H,1H3,(H,10,11). The number of hydrogen-bond donors (Lipinski definition) is 1. The lowest BCUT2D eigenvalue weighted by atomic mass is 10.2. The third-order valence-corrected chi connectivity index (χ3v) is 3.83. The Balaban J connectivity index is 3.42. The molecule has 0 heterocycles. The fraction of sp³-hybridized carbons (Fsp3) is 0.125. The van der Waals surface area contributed by atoms with E-state index in [-0.39, 0.29) is 10.5 Å². The van der Waals surface area contributed by atoms with Gasteiger partial charge in [-0.3, -0.25) is 0 Å². The van der Waals surface area contributed by atoms with Crippen LogP contribution >= 0.6 is 22.4 Å². The topological polar surface area (TPSA) is 71.4 Å². The lowest BCUT2D eigenvalue weighted by Crippen LogP contribution is -2.01. The maximum atomic E-state index is 11.0. The molecule has 0 amide bonds. The molecule has 0 radical (unpaired) electrons. The van der Waals surface area contributed by atoms with Crippen LogP contribution in [0.15, 0.2) is 28.0 Å². The SMILES string of the molecule is CSc1ccc(S(=O)(=O)Cl)cc1C(=O)O. The van der Waals surface area contributed by atoms with Gasteiger partial charge in [0, 0.05) is 15.6 Å². The number of carbonyl (C=O) groups is 1. The van der Waals surface area contributed by atoms with Gasteiger partial charge in [-0.05, 0) is 24.5 Å². The summed E-state index contributed by atoms with van der Waals surface area (Å²) in [6, 6.07) is 3.75. The second-order valence-electron chi connectivity index (χ2n) is 2.61. The molecular formula is C8H7ClO4S2. The summed E-state index contributed by atoms with van der Waals surface area (Å²) in [5.74, 6) is -1.18. The van der Waals surface area contributed by atoms with Gasteiger partial charge in [-0.2, -0.15) is 0 Å². The Hall–Kier alpha value is -0.720. The van der Waals surface area contributed by atoms with Crippen LogP contribution in [-0.2, 0) is 9.05 Å². The number of benzene rings is 1. The average molecular weight is 267 g/mol. The summed E-state index contributed by atoms with van der Waals surface area (Å²) in [5, 5.41) is 8.84. The van der Waals surface area contributed by atoms with Crippen LogP contribution in [-0.4, -0.2) is 25.7 Å². The van der Waals surface area contributed by atoms with Crippen molar-refractivity contribution in [3.63, 3.8) is 0 Å². The van der Waals surface area contributed by atoms with E-state index in [1.54, 1.807) is 6.26 Å². The zero-order valence-corrected chi connectivity index (χ0v) is 9.99. The van der Waals surface area contributed by atoms with E-state index >= 15 is 0 Å². The third-order valence-electron chi connectivity index (χ3n) is 1.68. The second-order valence-corrected chi connectivity index (χ2v) is 6.02. The van der Waals surface area contributed by atoms with Crippen molar-refractivity contribution in [1.29, 1.82) is 0 Å². The average Bonchev–Trinajstić information content (AvgIpc) is 2.15. The zero-order valence-electron chi connectivity index (χ0n) is 7.60. The van der Waals surface area contributed by atoms with Crippen LogP contribution < -0.4 is 0 Å². The minimum absolute atomic E-state index is 0.0655. The van der Waals surface area contributed by atoms with Crippen LogP contribution in [0.1, 0.15) is 10.4 Å². The molecule has 1 rings (SSSR count). The summed E-state index contributed by atoms with van der Waals surface area (Å²) in [7, 11) is 1.22. The molecule has 0 aromatic heterocycles. The maximum Gasteiger partial charge on any atom is 0.336 e. The molecule has 1 aromatic carbocycles. The van der Waals surface area contributed by atoms with E-state index in [0.29, 0.717) is 4.90 Å². The predicted molar refractivity (Wildman–Crippen MR) is 58.2 cm³/mol. The number of carboxylic acid groups (broad SMARTS) is 1. The largest absolute Gasteiger partial charge is 0.478 e. The van der Waals surface area contributed by atoms with Crippen LogP contribution in [0.25, 0.3) is 0 Å². The highest BCUT2D eigenvalue weighted by atomic mass is 35.7. The van der Waals surface area contributed by atoms with E-state index in [4.69, 9.17) is 15.8 Å². The molecule has 0 aliphatic rings. The molecule has 0 unspecified atom stereocenters. The number of thioether (sulfide) groups is 1. The first-order valence-electron chi connectivity index (χ1n) is 3.72. The fourth-order valence-corrected chi connectivity index (χ4v) is 2.35. The molecule has 4 nitrogen and oxygen atoms in total.